The number of aryl methyl sites for hydroxylation is 1. The van der Waals surface area contributed by atoms with Crippen LogP contribution in [0, 0.1) is 12.3 Å². The lowest BCUT2D eigenvalue weighted by Gasteiger charge is -2.50. The number of aromatic nitrogens is 3. The van der Waals surface area contributed by atoms with E-state index in [4.69, 9.17) is 18.9 Å². The van der Waals surface area contributed by atoms with Crippen LogP contribution in [-0.2, 0) is 47.4 Å². The number of hydrogen-bond acceptors (Lipinski definition) is 12. The molecule has 8 aromatic rings. The van der Waals surface area contributed by atoms with E-state index in [1.165, 1.54) is 4.90 Å². The van der Waals surface area contributed by atoms with Crippen LogP contribution in [0.25, 0.3) is 54.1 Å². The third kappa shape index (κ3) is 9.28. The minimum absolute atomic E-state index is 0.0265. The smallest absolute Gasteiger partial charge is 0.253 e. The van der Waals surface area contributed by atoms with Crippen molar-refractivity contribution < 1.29 is 48.0 Å². The number of nitrogens with one attached hydrogen (secondary N) is 3. The Balaban J connectivity index is 0.662. The summed E-state index contributed by atoms with van der Waals surface area (Å²) in [6.07, 6.45) is -1.57. The van der Waals surface area contributed by atoms with Gasteiger partial charge in [-0.15, -0.1) is 11.3 Å². The highest BCUT2D eigenvalue weighted by molar-refractivity contribution is 7.13. The minimum atomic E-state index is -1.10. The topological polar surface area (TPSA) is 208 Å². The van der Waals surface area contributed by atoms with Crippen molar-refractivity contribution >= 4 is 84.5 Å². The Labute approximate surface area is 472 Å². The Morgan fingerprint density at radius 2 is 1.64 bits per heavy atom. The fourth-order valence-corrected chi connectivity index (χ4v) is 13.8. The van der Waals surface area contributed by atoms with Crippen molar-refractivity contribution in [3.8, 4) is 16.2 Å². The van der Waals surface area contributed by atoms with Gasteiger partial charge in [-0.05, 0) is 72.4 Å². The number of carbonyl (C=O) groups excluding carboxylic acids is 5. The fraction of sp³-hybridized carbons (Fsp3) is 0.387. The van der Waals surface area contributed by atoms with Crippen molar-refractivity contribution in [2.75, 3.05) is 40.5 Å². The van der Waals surface area contributed by atoms with Crippen molar-refractivity contribution in [1.29, 1.82) is 0 Å². The van der Waals surface area contributed by atoms with Gasteiger partial charge in [-0.2, -0.15) is 0 Å². The van der Waals surface area contributed by atoms with E-state index in [0.717, 1.165) is 70.9 Å². The normalized spacial score (nSPS) is 21.6. The second-order valence-corrected chi connectivity index (χ2v) is 23.8. The number of aliphatic hydroxyl groups is 1. The Morgan fingerprint density at radius 3 is 2.35 bits per heavy atom. The molecule has 2 saturated heterocycles. The predicted molar refractivity (Wildman–Crippen MR) is 308 cm³/mol. The summed E-state index contributed by atoms with van der Waals surface area (Å²) in [4.78, 5) is 78.0. The molecule has 0 aliphatic carbocycles. The third-order valence-electron chi connectivity index (χ3n) is 16.8. The number of likely N-dealkylation sites (tertiary alicyclic amines) is 1. The number of methoxy groups -OCH3 is 1. The average molecular weight is 1120 g/mol. The molecule has 4 aliphatic heterocycles. The van der Waals surface area contributed by atoms with Crippen LogP contribution in [0.1, 0.15) is 90.7 Å². The standard InChI is InChI=1S/C62H66N8O10S/c1-34-54(81-33-65-34)36-18-16-35(17-19-36)30-63-57(73)46-28-38(71)32-68(46)60(76)55(61(2,3)4)66-47(72)24-25-78-26-27-79-39-22-20-37(21-23-39)59(75)67(6)45-29-48-69-43-14-10-8-12-40(43)50-51-42(31-64-58(51)74)49-41-13-9-11-15-44(41)70(53(49)52(50)69)62(5,80-48)56(45)77-7/h8-23,33,38,45-46,48,55-56,71H,24-32H2,1-7H3,(H,63,73)(H,64,74)(H,66,72)/t38-,45-,46+,48-,55-,56-,62+/m1/s1. The quantitative estimate of drug-likeness (QED) is 0.0684. The van der Waals surface area contributed by atoms with Gasteiger partial charge in [0.1, 0.15) is 36.8 Å². The number of benzene rings is 5. The summed E-state index contributed by atoms with van der Waals surface area (Å²) in [7, 11) is 3.48. The van der Waals surface area contributed by atoms with Gasteiger partial charge < -0.3 is 58.9 Å². The van der Waals surface area contributed by atoms with Crippen LogP contribution in [0.2, 0.25) is 0 Å². The lowest BCUT2D eigenvalue weighted by Crippen LogP contribution is -2.61. The second-order valence-electron chi connectivity index (χ2n) is 22.9. The number of para-hydroxylation sites is 2. The molecule has 0 unspecified atom stereocenters. The highest BCUT2D eigenvalue weighted by Gasteiger charge is 2.55. The van der Waals surface area contributed by atoms with Crippen LogP contribution >= 0.6 is 11.3 Å². The van der Waals surface area contributed by atoms with E-state index in [2.05, 4.69) is 54.3 Å². The van der Waals surface area contributed by atoms with Gasteiger partial charge in [0.15, 0.2) is 5.72 Å². The van der Waals surface area contributed by atoms with Gasteiger partial charge >= 0.3 is 0 Å². The molecule has 5 amide bonds. The third-order valence-corrected chi connectivity index (χ3v) is 17.8. The molecule has 7 atom stereocenters. The Hall–Kier alpha value is -7.68. The van der Waals surface area contributed by atoms with Crippen LogP contribution in [0.5, 0.6) is 5.75 Å². The largest absolute Gasteiger partial charge is 0.491 e. The molecule has 5 aromatic carbocycles. The first-order chi connectivity index (χ1) is 39.0. The molecule has 12 rings (SSSR count). The number of nitrogens with zero attached hydrogens (tertiary/aromatic N) is 5. The van der Waals surface area contributed by atoms with Crippen molar-refractivity contribution in [2.24, 2.45) is 5.41 Å². The molecule has 19 heteroatoms. The zero-order valence-electron chi connectivity index (χ0n) is 46.4. The summed E-state index contributed by atoms with van der Waals surface area (Å²) in [6, 6.07) is 28.9. The minimum Gasteiger partial charge on any atom is -0.491 e. The van der Waals surface area contributed by atoms with Crippen LogP contribution in [0.15, 0.2) is 103 Å². The molecular formula is C62H66N8O10S. The van der Waals surface area contributed by atoms with Crippen LogP contribution in [-0.4, -0.2) is 129 Å². The molecule has 2 bridgehead atoms. The second kappa shape index (κ2) is 21.0. The van der Waals surface area contributed by atoms with Gasteiger partial charge in [0.2, 0.25) is 17.7 Å². The summed E-state index contributed by atoms with van der Waals surface area (Å²) in [6.45, 7) is 10.6. The summed E-state index contributed by atoms with van der Waals surface area (Å²) in [5.74, 6) is -0.983. The van der Waals surface area contributed by atoms with Crippen molar-refractivity contribution in [1.82, 2.24) is 39.9 Å². The molecule has 4 N–H and O–H groups in total. The fourth-order valence-electron chi connectivity index (χ4n) is 12.9. The zero-order chi connectivity index (χ0) is 56.6. The predicted octanol–water partition coefficient (Wildman–Crippen LogP) is 7.93. The zero-order valence-corrected chi connectivity index (χ0v) is 47.2. The molecular weight excluding hydrogens is 1050 g/mol. The van der Waals surface area contributed by atoms with E-state index in [0.29, 0.717) is 29.8 Å². The maximum atomic E-state index is 14.6. The monoisotopic (exact) mass is 1110 g/mol. The van der Waals surface area contributed by atoms with Crippen LogP contribution < -0.4 is 20.7 Å². The lowest BCUT2D eigenvalue weighted by molar-refractivity contribution is -0.264. The van der Waals surface area contributed by atoms with Gasteiger partial charge in [0.05, 0.1) is 69.1 Å². The van der Waals surface area contributed by atoms with Gasteiger partial charge in [-0.1, -0.05) is 81.4 Å². The summed E-state index contributed by atoms with van der Waals surface area (Å²) >= 11 is 1.57. The van der Waals surface area contributed by atoms with E-state index in [9.17, 15) is 29.1 Å². The van der Waals surface area contributed by atoms with Crippen LogP contribution in [0.4, 0.5) is 0 Å². The number of β-amino-alcohol motifs (C(OH)–C–C–N with tert-alkyl or cyclic N) is 1. The molecule has 4 aliphatic rings. The number of ether oxygens (including phenoxy) is 4. The number of amides is 5. The van der Waals surface area contributed by atoms with E-state index >= 15 is 0 Å². The lowest BCUT2D eigenvalue weighted by atomic mass is 9.85. The number of aliphatic hydroxyl groups excluding tert-OH is 1. The highest BCUT2D eigenvalue weighted by atomic mass is 32.1. The molecule has 2 fully saturated rings. The molecule has 3 aromatic heterocycles. The first-order valence-corrected chi connectivity index (χ1v) is 28.5. The maximum absolute atomic E-state index is 14.6. The summed E-state index contributed by atoms with van der Waals surface area (Å²) < 4.78 is 30.1. The number of carbonyl (C=O) groups is 5. The van der Waals surface area contributed by atoms with E-state index in [1.54, 1.807) is 47.6 Å². The average Bonchev–Trinajstić information content (AvgIpc) is 1.98. The van der Waals surface area contributed by atoms with E-state index in [-0.39, 0.29) is 63.5 Å². The van der Waals surface area contributed by atoms with Gasteiger partial charge in [-0.3, -0.25) is 24.0 Å². The van der Waals surface area contributed by atoms with E-state index in [1.807, 2.05) is 95.7 Å². The molecule has 18 nitrogen and oxygen atoms in total. The molecule has 81 heavy (non-hydrogen) atoms. The number of fused-ring (bicyclic) bond motifs is 13. The molecule has 0 radical (unpaired) electrons. The van der Waals surface area contributed by atoms with Gasteiger partial charge in [0, 0.05) is 80.2 Å². The first kappa shape index (κ1) is 53.9. The maximum Gasteiger partial charge on any atom is 0.253 e. The Kier molecular flexibility index (Phi) is 14.0. The summed E-state index contributed by atoms with van der Waals surface area (Å²) in [5.41, 5.74) is 8.79. The van der Waals surface area contributed by atoms with Crippen molar-refractivity contribution in [2.45, 2.75) is 109 Å². The number of rotatable bonds is 16. The molecule has 0 spiro atoms. The van der Waals surface area contributed by atoms with Crippen LogP contribution in [0.3, 0.4) is 0 Å². The number of thiazole rings is 1. The Morgan fingerprint density at radius 1 is 0.926 bits per heavy atom. The number of hydrogen-bond donors (Lipinski definition) is 4. The molecule has 0 saturated carbocycles. The van der Waals surface area contributed by atoms with E-state index < -0.39 is 59.5 Å². The van der Waals surface area contributed by atoms with Gasteiger partial charge in [0.25, 0.3) is 11.8 Å². The van der Waals surface area contributed by atoms with Crippen molar-refractivity contribution in [3.63, 3.8) is 0 Å². The first-order valence-electron chi connectivity index (χ1n) is 27.6. The SMILES string of the molecule is CO[C@@H]1[C@H](N(C)C(=O)c2ccc(OCCOCCC(=O)N[C@H](C(=O)N3C[C@H](O)C[C@H]3C(=O)NCc3ccc(-c4scnc4C)cc3)C(C)(C)C)cc2)C[C@H]2O[C@]1(C)n1c3ccccc3c3c4c(c5c6ccccc6n2c5c31)C(=O)NC4. The molecule has 7 heterocycles. The number of likely N-dealkylation sites (N-methyl/N-ethyl adjacent to an activating group) is 1. The molecule has 420 valence electrons. The highest BCUT2D eigenvalue weighted by Crippen LogP contribution is 2.54. The Bertz CT molecular complexity index is 3810. The van der Waals surface area contributed by atoms with Crippen molar-refractivity contribution in [3.05, 3.63) is 131 Å². The summed E-state index contributed by atoms with van der Waals surface area (Å²) in [5, 5.41) is 23.5. The van der Waals surface area contributed by atoms with Gasteiger partial charge in [-0.25, -0.2) is 4.98 Å².